The van der Waals surface area contributed by atoms with Gasteiger partial charge in [0, 0.05) is 17.2 Å². The van der Waals surface area contributed by atoms with Crippen LogP contribution in [0.1, 0.15) is 20.8 Å². The van der Waals surface area contributed by atoms with Crippen LogP contribution >= 0.6 is 23.2 Å². The third-order valence-corrected chi connectivity index (χ3v) is 4.66. The number of hydrogen-bond donors (Lipinski definition) is 1. The highest BCUT2D eigenvalue weighted by Gasteiger charge is 2.16. The number of carbonyl (C=O) groups excluding carboxylic acids is 1. The van der Waals surface area contributed by atoms with Crippen molar-refractivity contribution >= 4 is 34.8 Å². The van der Waals surface area contributed by atoms with Crippen molar-refractivity contribution in [2.75, 3.05) is 11.9 Å². The Morgan fingerprint density at radius 2 is 1.96 bits per heavy atom. The third-order valence-electron chi connectivity index (χ3n) is 3.92. The summed E-state index contributed by atoms with van der Waals surface area (Å²) in [6.45, 7) is 5.98. The van der Waals surface area contributed by atoms with E-state index in [-0.39, 0.29) is 17.8 Å². The predicted molar refractivity (Wildman–Crippen MR) is 111 cm³/mol. The van der Waals surface area contributed by atoms with Crippen LogP contribution in [0, 0.1) is 5.92 Å². The Balaban J connectivity index is 2.05. The Bertz CT molecular complexity index is 1000. The lowest BCUT2D eigenvalue weighted by Crippen LogP contribution is -2.17. The molecule has 0 radical (unpaired) electrons. The van der Waals surface area contributed by atoms with E-state index in [4.69, 9.17) is 27.9 Å². The van der Waals surface area contributed by atoms with E-state index in [0.717, 1.165) is 11.3 Å². The fourth-order valence-corrected chi connectivity index (χ4v) is 2.79. The minimum Gasteiger partial charge on any atom is -0.463 e. The molecule has 6 nitrogen and oxygen atoms in total. The van der Waals surface area contributed by atoms with Gasteiger partial charge in [-0.05, 0) is 43.3 Å². The summed E-state index contributed by atoms with van der Waals surface area (Å²) in [4.78, 5) is 16.5. The number of ether oxygens (including phenoxy) is 1. The molecule has 0 bridgehead atoms. The van der Waals surface area contributed by atoms with Gasteiger partial charge in [-0.25, -0.2) is 4.68 Å². The summed E-state index contributed by atoms with van der Waals surface area (Å²) in [5.74, 6) is 0.371. The molecule has 0 saturated carbocycles. The van der Waals surface area contributed by atoms with Gasteiger partial charge in [0.25, 0.3) is 0 Å². The second-order valence-electron chi connectivity index (χ2n) is 6.39. The summed E-state index contributed by atoms with van der Waals surface area (Å²) in [5, 5.41) is 8.22. The highest BCUT2D eigenvalue weighted by molar-refractivity contribution is 6.42. The van der Waals surface area contributed by atoms with Gasteiger partial charge < -0.3 is 10.1 Å². The van der Waals surface area contributed by atoms with Crippen LogP contribution in [0.3, 0.4) is 0 Å². The SMILES string of the molecule is CCOc1nc(-c2ccc(Cl)c(Cl)c2)n(-c2cccc(NC(=O)C(C)C)c2)n1. The van der Waals surface area contributed by atoms with Crippen LogP contribution in [0.15, 0.2) is 42.5 Å². The van der Waals surface area contributed by atoms with E-state index in [1.807, 2.05) is 51.1 Å². The number of nitrogens with zero attached hydrogens (tertiary/aromatic N) is 3. The molecule has 0 aliphatic heterocycles. The van der Waals surface area contributed by atoms with Crippen LogP contribution < -0.4 is 10.1 Å². The summed E-state index contributed by atoms with van der Waals surface area (Å²) in [6.07, 6.45) is 0. The van der Waals surface area contributed by atoms with Crippen LogP contribution in [0.5, 0.6) is 6.01 Å². The van der Waals surface area contributed by atoms with Gasteiger partial charge in [-0.15, -0.1) is 5.10 Å². The van der Waals surface area contributed by atoms with E-state index in [1.54, 1.807) is 16.8 Å². The van der Waals surface area contributed by atoms with E-state index in [0.29, 0.717) is 28.2 Å². The molecule has 3 rings (SSSR count). The van der Waals surface area contributed by atoms with Crippen molar-refractivity contribution in [3.63, 3.8) is 0 Å². The van der Waals surface area contributed by atoms with Gasteiger partial charge in [0.1, 0.15) is 0 Å². The number of carbonyl (C=O) groups is 1. The van der Waals surface area contributed by atoms with E-state index in [2.05, 4.69) is 15.4 Å². The van der Waals surface area contributed by atoms with Crippen LogP contribution in [0.2, 0.25) is 10.0 Å². The maximum Gasteiger partial charge on any atom is 0.336 e. The van der Waals surface area contributed by atoms with Gasteiger partial charge in [-0.1, -0.05) is 43.1 Å². The molecular formula is C20H20Cl2N4O2. The number of benzene rings is 2. The summed E-state index contributed by atoms with van der Waals surface area (Å²) < 4.78 is 7.13. The first-order valence-electron chi connectivity index (χ1n) is 8.85. The molecule has 146 valence electrons. The minimum absolute atomic E-state index is 0.0598. The third kappa shape index (κ3) is 4.46. The summed E-state index contributed by atoms with van der Waals surface area (Å²) in [7, 11) is 0. The molecule has 1 heterocycles. The van der Waals surface area contributed by atoms with Crippen LogP contribution in [0.4, 0.5) is 5.69 Å². The highest BCUT2D eigenvalue weighted by Crippen LogP contribution is 2.30. The maximum absolute atomic E-state index is 12.0. The number of anilines is 1. The van der Waals surface area contributed by atoms with Crippen molar-refractivity contribution in [3.05, 3.63) is 52.5 Å². The second kappa shape index (κ2) is 8.63. The van der Waals surface area contributed by atoms with Crippen molar-refractivity contribution in [1.82, 2.24) is 14.8 Å². The Morgan fingerprint density at radius 3 is 2.64 bits per heavy atom. The van der Waals surface area contributed by atoms with E-state index in [1.165, 1.54) is 0 Å². The molecule has 0 spiro atoms. The zero-order chi connectivity index (χ0) is 20.3. The molecule has 28 heavy (non-hydrogen) atoms. The Kier molecular flexibility index (Phi) is 6.21. The molecule has 1 amide bonds. The second-order valence-corrected chi connectivity index (χ2v) is 7.20. The summed E-state index contributed by atoms with van der Waals surface area (Å²) >= 11 is 12.2. The molecule has 1 N–H and O–H groups in total. The molecule has 0 aliphatic carbocycles. The molecule has 0 aliphatic rings. The molecule has 8 heteroatoms. The normalized spacial score (nSPS) is 10.9. The van der Waals surface area contributed by atoms with Gasteiger partial charge >= 0.3 is 6.01 Å². The Labute approximate surface area is 173 Å². The van der Waals surface area contributed by atoms with Crippen molar-refractivity contribution in [3.8, 4) is 23.1 Å². The minimum atomic E-state index is -0.119. The number of rotatable bonds is 6. The first-order valence-corrected chi connectivity index (χ1v) is 9.61. The molecule has 0 saturated heterocycles. The first-order chi connectivity index (χ1) is 13.4. The fourth-order valence-electron chi connectivity index (χ4n) is 2.49. The lowest BCUT2D eigenvalue weighted by Gasteiger charge is -2.11. The number of amides is 1. The summed E-state index contributed by atoms with van der Waals surface area (Å²) in [6, 6.07) is 12.9. The topological polar surface area (TPSA) is 69.0 Å². The van der Waals surface area contributed by atoms with Gasteiger partial charge in [0.15, 0.2) is 5.82 Å². The average Bonchev–Trinajstić information content (AvgIpc) is 3.08. The van der Waals surface area contributed by atoms with Crippen molar-refractivity contribution in [2.45, 2.75) is 20.8 Å². The fraction of sp³-hybridized carbons (Fsp3) is 0.250. The molecule has 1 aromatic heterocycles. The molecular weight excluding hydrogens is 399 g/mol. The Hall–Kier alpha value is -2.57. The first kappa shape index (κ1) is 20.2. The molecule has 3 aromatic rings. The van der Waals surface area contributed by atoms with Gasteiger partial charge in [0.2, 0.25) is 5.91 Å². The number of nitrogens with one attached hydrogen (secondary N) is 1. The lowest BCUT2D eigenvalue weighted by molar-refractivity contribution is -0.118. The van der Waals surface area contributed by atoms with E-state index in [9.17, 15) is 4.79 Å². The van der Waals surface area contributed by atoms with E-state index >= 15 is 0 Å². The predicted octanol–water partition coefficient (Wildman–Crippen LogP) is 5.23. The zero-order valence-electron chi connectivity index (χ0n) is 15.7. The van der Waals surface area contributed by atoms with Crippen molar-refractivity contribution in [2.24, 2.45) is 5.92 Å². The van der Waals surface area contributed by atoms with Crippen LogP contribution in [-0.4, -0.2) is 27.3 Å². The average molecular weight is 419 g/mol. The van der Waals surface area contributed by atoms with Gasteiger partial charge in [0.05, 0.1) is 22.3 Å². The molecule has 0 atom stereocenters. The number of hydrogen-bond acceptors (Lipinski definition) is 4. The number of aromatic nitrogens is 3. The lowest BCUT2D eigenvalue weighted by atomic mass is 10.2. The van der Waals surface area contributed by atoms with Crippen LogP contribution in [-0.2, 0) is 4.79 Å². The van der Waals surface area contributed by atoms with E-state index < -0.39 is 0 Å². The van der Waals surface area contributed by atoms with Crippen molar-refractivity contribution in [1.29, 1.82) is 0 Å². The van der Waals surface area contributed by atoms with Gasteiger partial charge in [-0.2, -0.15) is 4.98 Å². The van der Waals surface area contributed by atoms with Crippen LogP contribution in [0.25, 0.3) is 17.1 Å². The largest absolute Gasteiger partial charge is 0.463 e. The number of halogens is 2. The molecule has 2 aromatic carbocycles. The maximum atomic E-state index is 12.0. The highest BCUT2D eigenvalue weighted by atomic mass is 35.5. The smallest absolute Gasteiger partial charge is 0.336 e. The molecule has 0 fully saturated rings. The van der Waals surface area contributed by atoms with Gasteiger partial charge in [-0.3, -0.25) is 4.79 Å². The monoisotopic (exact) mass is 418 g/mol. The zero-order valence-corrected chi connectivity index (χ0v) is 17.3. The quantitative estimate of drug-likeness (QED) is 0.594. The summed E-state index contributed by atoms with van der Waals surface area (Å²) in [5.41, 5.74) is 2.13. The standard InChI is InChI=1S/C20H20Cl2N4O2/c1-4-28-20-24-18(13-8-9-16(21)17(22)10-13)26(25-20)15-7-5-6-14(11-15)23-19(27)12(2)3/h5-12H,4H2,1-3H3,(H,23,27). The molecule has 0 unspecified atom stereocenters. The Morgan fingerprint density at radius 1 is 1.18 bits per heavy atom. The van der Waals surface area contributed by atoms with Crippen molar-refractivity contribution < 1.29 is 9.53 Å².